The Bertz CT molecular complexity index is 609. The van der Waals surface area contributed by atoms with Crippen LogP contribution in [0.5, 0.6) is 0 Å². The van der Waals surface area contributed by atoms with Gasteiger partial charge < -0.3 is 10.6 Å². The van der Waals surface area contributed by atoms with Crippen molar-refractivity contribution in [3.8, 4) is 0 Å². The van der Waals surface area contributed by atoms with Gasteiger partial charge in [-0.2, -0.15) is 4.98 Å². The van der Waals surface area contributed by atoms with Crippen molar-refractivity contribution in [1.82, 2.24) is 19.3 Å². The first kappa shape index (κ1) is 9.63. The minimum absolute atomic E-state index is 0.119. The lowest BCUT2D eigenvalue weighted by Gasteiger charge is -2.01. The van der Waals surface area contributed by atoms with E-state index >= 15 is 0 Å². The van der Waals surface area contributed by atoms with Crippen LogP contribution in [0, 0.1) is 0 Å². The van der Waals surface area contributed by atoms with Crippen LogP contribution in [0.15, 0.2) is 17.2 Å². The third-order valence-electron chi connectivity index (χ3n) is 1.68. The molecule has 2 heterocycles. The van der Waals surface area contributed by atoms with E-state index in [-0.39, 0.29) is 11.2 Å². The maximum Gasteiger partial charge on any atom is 0.449 e. The molecule has 1 unspecified atom stereocenters. The minimum atomic E-state index is -3.04. The quantitative estimate of drug-likeness (QED) is 0.593. The van der Waals surface area contributed by atoms with Crippen LogP contribution >= 0.6 is 8.18 Å². The summed E-state index contributed by atoms with van der Waals surface area (Å²) < 4.78 is 11.5. The molecule has 0 aliphatic heterocycles. The van der Waals surface area contributed by atoms with E-state index in [0.29, 0.717) is 4.34 Å². The van der Waals surface area contributed by atoms with E-state index in [0.717, 1.165) is 0 Å². The lowest BCUT2D eigenvalue weighted by molar-refractivity contribution is -0.166. The Morgan fingerprint density at radius 3 is 2.73 bits per heavy atom. The fraction of sp³-hybridized carbons (Fsp3) is 0. The molecular formula is C6H4N5O3P. The molecule has 0 bridgehead atoms. The summed E-state index contributed by atoms with van der Waals surface area (Å²) in [6.45, 7) is 0. The molecule has 0 saturated heterocycles. The van der Waals surface area contributed by atoms with Gasteiger partial charge in [0.05, 0.1) is 0 Å². The number of nitrogens with zero attached hydrogens (tertiary/aromatic N) is 4. The van der Waals surface area contributed by atoms with Crippen molar-refractivity contribution in [3.05, 3.63) is 22.7 Å². The molecule has 0 amide bonds. The van der Waals surface area contributed by atoms with E-state index in [1.807, 2.05) is 0 Å². The fourth-order valence-electron chi connectivity index (χ4n) is 1.11. The highest BCUT2D eigenvalue weighted by Gasteiger charge is 2.18. The van der Waals surface area contributed by atoms with E-state index < -0.39 is 19.7 Å². The number of hydrogen-bond donors (Lipinski definition) is 1. The Morgan fingerprint density at radius 1 is 1.40 bits per heavy atom. The van der Waals surface area contributed by atoms with Crippen LogP contribution < -0.4 is 16.2 Å². The van der Waals surface area contributed by atoms with Crippen LogP contribution in [-0.4, -0.2) is 19.3 Å². The highest BCUT2D eigenvalue weighted by molar-refractivity contribution is 7.35. The summed E-state index contributed by atoms with van der Waals surface area (Å²) in [6, 6.07) is 0. The van der Waals surface area contributed by atoms with Gasteiger partial charge in [0.25, 0.3) is 0 Å². The zero-order valence-electron chi connectivity index (χ0n) is 7.19. The molecule has 0 aliphatic carbocycles. The number of rotatable bonds is 1. The van der Waals surface area contributed by atoms with Crippen molar-refractivity contribution in [1.29, 1.82) is 0 Å². The molecular weight excluding hydrogens is 221 g/mol. The summed E-state index contributed by atoms with van der Waals surface area (Å²) in [6.07, 6.45) is 2.53. The first-order valence-corrected chi connectivity index (χ1v) is 4.88. The standard InChI is InChI=1S/C6H4N5O3P/c7-6-10-5(12)3-4(9-2-1-8-3)11(6)15(13)14/h1-2H,(H2,7,10,12). The average Bonchev–Trinajstić information content (AvgIpc) is 2.17. The maximum atomic E-state index is 11.3. The second-order valence-corrected chi connectivity index (χ2v) is 3.43. The van der Waals surface area contributed by atoms with Crippen LogP contribution in [-0.2, 0) is 4.57 Å². The van der Waals surface area contributed by atoms with Crippen molar-refractivity contribution in [2.75, 3.05) is 5.73 Å². The second-order valence-electron chi connectivity index (χ2n) is 2.55. The van der Waals surface area contributed by atoms with E-state index in [4.69, 9.17) is 5.73 Å². The number of hydrogen-bond acceptors (Lipinski definition) is 7. The molecule has 76 valence electrons. The summed E-state index contributed by atoms with van der Waals surface area (Å²) in [5.41, 5.74) is 4.33. The van der Waals surface area contributed by atoms with E-state index in [2.05, 4.69) is 15.0 Å². The van der Waals surface area contributed by atoms with E-state index in [1.165, 1.54) is 12.4 Å². The number of aromatic nitrogens is 4. The lowest BCUT2D eigenvalue weighted by atomic mass is 10.5. The first-order valence-electron chi connectivity index (χ1n) is 3.75. The third-order valence-corrected chi connectivity index (χ3v) is 2.40. The summed E-state index contributed by atoms with van der Waals surface area (Å²) in [4.78, 5) is 32.9. The smallest absolute Gasteiger partial charge is 0.449 e. The predicted octanol–water partition coefficient (Wildman–Crippen LogP) is -1.37. The van der Waals surface area contributed by atoms with Crippen LogP contribution in [0.2, 0.25) is 0 Å². The number of nitrogen functional groups attached to an aromatic ring is 1. The lowest BCUT2D eigenvalue weighted by Crippen LogP contribution is -2.18. The Hall–Kier alpha value is -1.92. The molecule has 2 rings (SSSR count). The predicted molar refractivity (Wildman–Crippen MR) is 49.0 cm³/mol. The molecule has 2 aromatic rings. The number of nitrogens with two attached hydrogens (primary N) is 1. The normalized spacial score (nSPS) is 11.7. The average molecular weight is 225 g/mol. The van der Waals surface area contributed by atoms with Gasteiger partial charge in [-0.3, -0.25) is 4.79 Å². The van der Waals surface area contributed by atoms with E-state index in [9.17, 15) is 14.3 Å². The van der Waals surface area contributed by atoms with Crippen molar-refractivity contribution < 1.29 is 9.46 Å². The third kappa shape index (κ3) is 1.45. The largest absolute Gasteiger partial charge is 0.573 e. The minimum Gasteiger partial charge on any atom is -0.573 e. The zero-order valence-corrected chi connectivity index (χ0v) is 8.09. The van der Waals surface area contributed by atoms with Gasteiger partial charge in [0.15, 0.2) is 5.52 Å². The molecule has 15 heavy (non-hydrogen) atoms. The van der Waals surface area contributed by atoms with Gasteiger partial charge in [0, 0.05) is 12.4 Å². The molecule has 0 saturated carbocycles. The number of anilines is 1. The van der Waals surface area contributed by atoms with Crippen LogP contribution in [0.4, 0.5) is 5.95 Å². The van der Waals surface area contributed by atoms with Gasteiger partial charge in [-0.05, 0) is 4.57 Å². The van der Waals surface area contributed by atoms with Crippen molar-refractivity contribution in [2.45, 2.75) is 0 Å². The molecule has 1 atom stereocenters. The summed E-state index contributed by atoms with van der Waals surface area (Å²) in [7, 11) is -3.04. The Morgan fingerprint density at radius 2 is 2.07 bits per heavy atom. The van der Waals surface area contributed by atoms with Crippen molar-refractivity contribution in [3.63, 3.8) is 0 Å². The van der Waals surface area contributed by atoms with Gasteiger partial charge >= 0.3 is 13.7 Å². The fourth-order valence-corrected chi connectivity index (χ4v) is 1.62. The number of fused-ring (bicyclic) bond motifs is 1. The van der Waals surface area contributed by atoms with Gasteiger partial charge in [-0.25, -0.2) is 9.97 Å². The molecule has 8 nitrogen and oxygen atoms in total. The summed E-state index contributed by atoms with van der Waals surface area (Å²) >= 11 is 0. The van der Waals surface area contributed by atoms with E-state index in [1.54, 1.807) is 0 Å². The highest BCUT2D eigenvalue weighted by Crippen LogP contribution is 2.20. The monoisotopic (exact) mass is 225 g/mol. The Kier molecular flexibility index (Phi) is 2.14. The van der Waals surface area contributed by atoms with Crippen molar-refractivity contribution >= 4 is 25.3 Å². The Labute approximate surface area is 83.3 Å². The van der Waals surface area contributed by atoms with Crippen LogP contribution in [0.3, 0.4) is 0 Å². The Balaban J connectivity index is 3.03. The highest BCUT2D eigenvalue weighted by atomic mass is 31.1. The summed E-state index contributed by atoms with van der Waals surface area (Å²) in [5, 5.41) is 0. The van der Waals surface area contributed by atoms with Crippen LogP contribution in [0.1, 0.15) is 0 Å². The molecule has 0 aromatic carbocycles. The van der Waals surface area contributed by atoms with Gasteiger partial charge in [-0.1, -0.05) is 4.34 Å². The van der Waals surface area contributed by atoms with Crippen LogP contribution in [0.25, 0.3) is 11.2 Å². The molecule has 0 radical (unpaired) electrons. The SMILES string of the molecule is Nc1nc(=O)c2nccnc2n1[P+](=O)[O-]. The summed E-state index contributed by atoms with van der Waals surface area (Å²) in [5.74, 6) is -0.427. The molecule has 2 N–H and O–H groups in total. The van der Waals surface area contributed by atoms with Gasteiger partial charge in [-0.15, -0.1) is 0 Å². The van der Waals surface area contributed by atoms with Gasteiger partial charge in [0.2, 0.25) is 11.6 Å². The topological polar surface area (TPSA) is 127 Å². The maximum absolute atomic E-state index is 11.3. The molecule has 2 aromatic heterocycles. The zero-order chi connectivity index (χ0) is 11.0. The molecule has 0 spiro atoms. The molecule has 0 fully saturated rings. The van der Waals surface area contributed by atoms with Crippen molar-refractivity contribution in [2.24, 2.45) is 0 Å². The second kappa shape index (κ2) is 3.34. The van der Waals surface area contributed by atoms with Gasteiger partial charge in [0.1, 0.15) is 0 Å². The first-order chi connectivity index (χ1) is 7.11. The molecule has 9 heteroatoms. The molecule has 0 aliphatic rings.